The molecule has 0 aliphatic rings. The highest BCUT2D eigenvalue weighted by Gasteiger charge is 1.97. The molecule has 0 saturated carbocycles. The van der Waals surface area contributed by atoms with E-state index in [1.807, 2.05) is 0 Å². The predicted octanol–water partition coefficient (Wildman–Crippen LogP) is 4.75. The molecule has 0 radical (unpaired) electrons. The van der Waals surface area contributed by atoms with Crippen molar-refractivity contribution in [2.75, 3.05) is 6.54 Å². The average Bonchev–Trinajstić information content (AvgIpc) is 2.53. The molecule has 0 atom stereocenters. The minimum atomic E-state index is 0.955. The second-order valence-corrected chi connectivity index (χ2v) is 5.69. The van der Waals surface area contributed by atoms with Crippen LogP contribution in [0.3, 0.4) is 0 Å². The zero-order valence-electron chi connectivity index (χ0n) is 13.1. The number of hydrogen-bond donors (Lipinski definition) is 1. The van der Waals surface area contributed by atoms with Crippen molar-refractivity contribution in [2.45, 2.75) is 45.6 Å². The number of nitrogens with one attached hydrogen (secondary N) is 1. The monoisotopic (exact) mass is 281 g/mol. The van der Waals surface area contributed by atoms with Crippen LogP contribution in [-0.4, -0.2) is 6.54 Å². The Kier molecular flexibility index (Phi) is 7.03. The molecule has 0 spiro atoms. The maximum atomic E-state index is 3.52. The summed E-state index contributed by atoms with van der Waals surface area (Å²) in [4.78, 5) is 0. The minimum absolute atomic E-state index is 0.955. The Balaban J connectivity index is 1.71. The molecule has 0 heterocycles. The van der Waals surface area contributed by atoms with Crippen LogP contribution in [-0.2, 0) is 19.4 Å². The van der Waals surface area contributed by atoms with Gasteiger partial charge in [-0.2, -0.15) is 0 Å². The first kappa shape index (κ1) is 15.8. The Labute approximate surface area is 129 Å². The minimum Gasteiger partial charge on any atom is -0.312 e. The molecule has 112 valence electrons. The summed E-state index contributed by atoms with van der Waals surface area (Å²) >= 11 is 0. The van der Waals surface area contributed by atoms with E-state index in [0.717, 1.165) is 19.5 Å². The molecular formula is C20H27N. The van der Waals surface area contributed by atoms with E-state index in [0.29, 0.717) is 0 Å². The van der Waals surface area contributed by atoms with Crippen LogP contribution in [0.5, 0.6) is 0 Å². The maximum absolute atomic E-state index is 3.52. The van der Waals surface area contributed by atoms with Gasteiger partial charge in [0.25, 0.3) is 0 Å². The fraction of sp³-hybridized carbons (Fsp3) is 0.400. The smallest absolute Gasteiger partial charge is 0.0205 e. The molecule has 0 unspecified atom stereocenters. The van der Waals surface area contributed by atoms with Crippen LogP contribution in [0, 0.1) is 0 Å². The van der Waals surface area contributed by atoms with Crippen LogP contribution < -0.4 is 5.32 Å². The summed E-state index contributed by atoms with van der Waals surface area (Å²) in [6, 6.07) is 19.7. The summed E-state index contributed by atoms with van der Waals surface area (Å²) in [5.41, 5.74) is 4.29. The molecule has 0 aliphatic carbocycles. The zero-order valence-corrected chi connectivity index (χ0v) is 13.1. The molecule has 21 heavy (non-hydrogen) atoms. The summed E-state index contributed by atoms with van der Waals surface area (Å²) in [6.07, 6.45) is 6.27. The molecular weight excluding hydrogens is 254 g/mol. The van der Waals surface area contributed by atoms with Crippen molar-refractivity contribution in [1.82, 2.24) is 5.32 Å². The van der Waals surface area contributed by atoms with Crippen LogP contribution >= 0.6 is 0 Å². The number of aryl methyl sites for hydroxylation is 1. The van der Waals surface area contributed by atoms with Gasteiger partial charge in [-0.3, -0.25) is 0 Å². The first-order valence-electron chi connectivity index (χ1n) is 8.21. The van der Waals surface area contributed by atoms with Crippen molar-refractivity contribution in [3.05, 3.63) is 71.3 Å². The van der Waals surface area contributed by atoms with E-state index in [2.05, 4.69) is 66.8 Å². The lowest BCUT2D eigenvalue weighted by atomic mass is 10.0. The summed E-state index contributed by atoms with van der Waals surface area (Å²) < 4.78 is 0. The number of unbranched alkanes of at least 4 members (excludes halogenated alkanes) is 2. The molecule has 0 amide bonds. The summed E-state index contributed by atoms with van der Waals surface area (Å²) in [7, 11) is 0. The molecule has 1 N–H and O–H groups in total. The third-order valence-corrected chi connectivity index (χ3v) is 3.82. The summed E-state index contributed by atoms with van der Waals surface area (Å²) in [5.74, 6) is 0. The molecule has 0 saturated heterocycles. The van der Waals surface area contributed by atoms with E-state index in [1.54, 1.807) is 0 Å². The number of hydrogen-bond acceptors (Lipinski definition) is 1. The van der Waals surface area contributed by atoms with E-state index in [1.165, 1.54) is 42.4 Å². The molecule has 2 rings (SSSR count). The van der Waals surface area contributed by atoms with Gasteiger partial charge in [0.2, 0.25) is 0 Å². The summed E-state index contributed by atoms with van der Waals surface area (Å²) in [5, 5.41) is 3.52. The van der Waals surface area contributed by atoms with Gasteiger partial charge in [0.05, 0.1) is 0 Å². The topological polar surface area (TPSA) is 12.0 Å². The van der Waals surface area contributed by atoms with E-state index in [4.69, 9.17) is 0 Å². The second-order valence-electron chi connectivity index (χ2n) is 5.69. The predicted molar refractivity (Wildman–Crippen MR) is 91.5 cm³/mol. The normalized spacial score (nSPS) is 10.7. The Morgan fingerprint density at radius 2 is 1.48 bits per heavy atom. The van der Waals surface area contributed by atoms with Crippen LogP contribution in [0.15, 0.2) is 54.6 Å². The van der Waals surface area contributed by atoms with Gasteiger partial charge in [-0.25, -0.2) is 0 Å². The highest BCUT2D eigenvalue weighted by atomic mass is 14.8. The van der Waals surface area contributed by atoms with Gasteiger partial charge in [0.15, 0.2) is 0 Å². The fourth-order valence-electron chi connectivity index (χ4n) is 2.58. The highest BCUT2D eigenvalue weighted by molar-refractivity contribution is 5.24. The van der Waals surface area contributed by atoms with Crippen LogP contribution in [0.1, 0.15) is 42.9 Å². The quantitative estimate of drug-likeness (QED) is 0.654. The first-order chi connectivity index (χ1) is 10.4. The first-order valence-corrected chi connectivity index (χ1v) is 8.21. The third kappa shape index (κ3) is 6.14. The van der Waals surface area contributed by atoms with Crippen molar-refractivity contribution in [3.8, 4) is 0 Å². The highest BCUT2D eigenvalue weighted by Crippen LogP contribution is 2.10. The molecule has 0 bridgehead atoms. The van der Waals surface area contributed by atoms with Crippen LogP contribution in [0.4, 0.5) is 0 Å². The second kappa shape index (κ2) is 9.36. The maximum Gasteiger partial charge on any atom is 0.0205 e. The van der Waals surface area contributed by atoms with E-state index in [9.17, 15) is 0 Å². The molecule has 2 aromatic carbocycles. The van der Waals surface area contributed by atoms with Gasteiger partial charge in [0.1, 0.15) is 0 Å². The zero-order chi connectivity index (χ0) is 14.8. The molecule has 0 aromatic heterocycles. The van der Waals surface area contributed by atoms with Gasteiger partial charge < -0.3 is 5.32 Å². The van der Waals surface area contributed by atoms with E-state index < -0.39 is 0 Å². The fourth-order valence-corrected chi connectivity index (χ4v) is 2.58. The Hall–Kier alpha value is -1.60. The van der Waals surface area contributed by atoms with Gasteiger partial charge in [-0.1, -0.05) is 74.4 Å². The number of benzene rings is 2. The largest absolute Gasteiger partial charge is 0.312 e. The van der Waals surface area contributed by atoms with Gasteiger partial charge >= 0.3 is 0 Å². The Bertz CT molecular complexity index is 504. The van der Waals surface area contributed by atoms with Crippen molar-refractivity contribution < 1.29 is 0 Å². The Morgan fingerprint density at radius 3 is 2.24 bits per heavy atom. The molecule has 1 heteroatoms. The van der Waals surface area contributed by atoms with Gasteiger partial charge in [0, 0.05) is 6.54 Å². The van der Waals surface area contributed by atoms with E-state index >= 15 is 0 Å². The summed E-state index contributed by atoms with van der Waals surface area (Å²) in [6.45, 7) is 4.25. The lowest BCUT2D eigenvalue weighted by molar-refractivity contribution is 0.685. The van der Waals surface area contributed by atoms with E-state index in [-0.39, 0.29) is 0 Å². The van der Waals surface area contributed by atoms with Crippen molar-refractivity contribution in [1.29, 1.82) is 0 Å². The van der Waals surface area contributed by atoms with Crippen molar-refractivity contribution in [3.63, 3.8) is 0 Å². The Morgan fingerprint density at radius 1 is 0.762 bits per heavy atom. The molecule has 2 aromatic rings. The van der Waals surface area contributed by atoms with Crippen LogP contribution in [0.25, 0.3) is 0 Å². The van der Waals surface area contributed by atoms with Crippen LogP contribution in [0.2, 0.25) is 0 Å². The lowest BCUT2D eigenvalue weighted by Crippen LogP contribution is -2.16. The third-order valence-electron chi connectivity index (χ3n) is 3.82. The molecule has 0 aliphatic heterocycles. The van der Waals surface area contributed by atoms with Gasteiger partial charge in [-0.15, -0.1) is 0 Å². The molecule has 0 fully saturated rings. The van der Waals surface area contributed by atoms with Crippen molar-refractivity contribution >= 4 is 0 Å². The average molecular weight is 281 g/mol. The molecule has 1 nitrogen and oxygen atoms in total. The lowest BCUT2D eigenvalue weighted by Gasteiger charge is -2.07. The SMILES string of the molecule is CCCCCc1cccc(CCNCc2ccccc2)c1. The standard InChI is InChI=1S/C20H27N/c1-2-3-5-9-18-12-8-13-19(16-18)14-15-21-17-20-10-6-4-7-11-20/h4,6-8,10-13,16,21H,2-3,5,9,14-15,17H2,1H3. The van der Waals surface area contributed by atoms with Crippen molar-refractivity contribution in [2.24, 2.45) is 0 Å². The van der Waals surface area contributed by atoms with Gasteiger partial charge in [-0.05, 0) is 42.5 Å². The number of rotatable bonds is 9.